The van der Waals surface area contributed by atoms with Crippen LogP contribution in [-0.2, 0) is 16.0 Å². The predicted octanol–water partition coefficient (Wildman–Crippen LogP) is 6.51. The largest absolute Gasteiger partial charge is 0.480 e. The first-order valence-corrected chi connectivity index (χ1v) is 13.1. The Labute approximate surface area is 215 Å². The van der Waals surface area contributed by atoms with Crippen LogP contribution >= 0.6 is 11.3 Å². The standard InChI is InChI=1S/C29H31N3O3S/c1-3-4-11-25(23-15-13-22(14-16-23)21-9-6-5-7-10-21)28-30-19-24(31-28)18-26(33)32(20(2)29(34)35)27-12-8-17-36-27/h5-10,12-17,19-20,25H,3-4,11,18H2,1-2H3,(H,30,31)(H,34,35)/t20-,25?/m0/s1. The number of nitrogens with zero attached hydrogens (tertiary/aromatic N) is 2. The molecule has 1 amide bonds. The van der Waals surface area contributed by atoms with Crippen LogP contribution in [0.15, 0.2) is 78.3 Å². The van der Waals surface area contributed by atoms with Crippen molar-refractivity contribution in [1.82, 2.24) is 9.97 Å². The van der Waals surface area contributed by atoms with Crippen LogP contribution < -0.4 is 4.90 Å². The first-order valence-electron chi connectivity index (χ1n) is 12.3. The van der Waals surface area contributed by atoms with Gasteiger partial charge in [0.25, 0.3) is 0 Å². The summed E-state index contributed by atoms with van der Waals surface area (Å²) in [5, 5.41) is 12.0. The fraction of sp³-hybridized carbons (Fsp3) is 0.276. The number of hydrogen-bond acceptors (Lipinski definition) is 4. The molecule has 0 spiro atoms. The molecule has 36 heavy (non-hydrogen) atoms. The summed E-state index contributed by atoms with van der Waals surface area (Å²) in [7, 11) is 0. The van der Waals surface area contributed by atoms with Gasteiger partial charge >= 0.3 is 5.97 Å². The van der Waals surface area contributed by atoms with Gasteiger partial charge in [-0.1, -0.05) is 74.4 Å². The van der Waals surface area contributed by atoms with Crippen molar-refractivity contribution in [2.45, 2.75) is 51.5 Å². The Morgan fingerprint density at radius 2 is 1.75 bits per heavy atom. The number of benzene rings is 2. The van der Waals surface area contributed by atoms with Gasteiger partial charge < -0.3 is 10.1 Å². The van der Waals surface area contributed by atoms with Gasteiger partial charge in [0.1, 0.15) is 11.9 Å². The molecule has 186 valence electrons. The van der Waals surface area contributed by atoms with E-state index in [2.05, 4.69) is 53.3 Å². The number of carbonyl (C=O) groups is 2. The third-order valence-electron chi connectivity index (χ3n) is 6.34. The number of nitrogens with one attached hydrogen (secondary N) is 1. The number of carboxylic acid groups (broad SMARTS) is 1. The molecule has 0 aliphatic heterocycles. The van der Waals surface area contributed by atoms with Gasteiger partial charge in [0.05, 0.1) is 11.4 Å². The van der Waals surface area contributed by atoms with E-state index in [1.54, 1.807) is 12.3 Å². The number of anilines is 1. The molecule has 6 nitrogen and oxygen atoms in total. The van der Waals surface area contributed by atoms with E-state index in [9.17, 15) is 14.7 Å². The Bertz CT molecular complexity index is 1270. The summed E-state index contributed by atoms with van der Waals surface area (Å²) in [5.74, 6) is -0.405. The summed E-state index contributed by atoms with van der Waals surface area (Å²) in [5.41, 5.74) is 4.20. The van der Waals surface area contributed by atoms with Crippen LogP contribution in [0.5, 0.6) is 0 Å². The first-order chi connectivity index (χ1) is 17.5. The normalized spacial score (nSPS) is 12.7. The molecule has 4 aromatic rings. The quantitative estimate of drug-likeness (QED) is 0.245. The van der Waals surface area contributed by atoms with Gasteiger partial charge in [-0.05, 0) is 47.5 Å². The average Bonchev–Trinajstić information content (AvgIpc) is 3.58. The highest BCUT2D eigenvalue weighted by molar-refractivity contribution is 7.14. The van der Waals surface area contributed by atoms with Gasteiger partial charge in [0.2, 0.25) is 5.91 Å². The lowest BCUT2D eigenvalue weighted by Gasteiger charge is -2.24. The number of aliphatic carboxylic acids is 1. The number of unbranched alkanes of at least 4 members (excludes halogenated alkanes) is 1. The van der Waals surface area contributed by atoms with Crippen molar-refractivity contribution < 1.29 is 14.7 Å². The molecular formula is C29H31N3O3S. The summed E-state index contributed by atoms with van der Waals surface area (Å²) in [6.45, 7) is 3.70. The molecule has 2 heterocycles. The van der Waals surface area contributed by atoms with Gasteiger partial charge in [-0.25, -0.2) is 9.78 Å². The molecule has 0 aliphatic rings. The number of H-pyrrole nitrogens is 1. The molecule has 0 saturated carbocycles. The third kappa shape index (κ3) is 5.91. The van der Waals surface area contributed by atoms with Crippen LogP contribution in [0.3, 0.4) is 0 Å². The van der Waals surface area contributed by atoms with E-state index in [1.165, 1.54) is 39.9 Å². The summed E-state index contributed by atoms with van der Waals surface area (Å²) in [6.07, 6.45) is 4.83. The van der Waals surface area contributed by atoms with Gasteiger partial charge in [-0.2, -0.15) is 0 Å². The smallest absolute Gasteiger partial charge is 0.326 e. The number of thiophene rings is 1. The van der Waals surface area contributed by atoms with E-state index >= 15 is 0 Å². The molecule has 2 N–H and O–H groups in total. The molecule has 0 bridgehead atoms. The van der Waals surface area contributed by atoms with Crippen LogP contribution in [0.1, 0.15) is 56.1 Å². The number of imidazole rings is 1. The minimum Gasteiger partial charge on any atom is -0.480 e. The van der Waals surface area contributed by atoms with Crippen molar-refractivity contribution in [3.05, 3.63) is 95.4 Å². The number of rotatable bonds is 11. The highest BCUT2D eigenvalue weighted by Crippen LogP contribution is 2.30. The molecule has 2 aromatic carbocycles. The first kappa shape index (κ1) is 25.4. The molecule has 0 fully saturated rings. The zero-order chi connectivity index (χ0) is 25.5. The predicted molar refractivity (Wildman–Crippen MR) is 144 cm³/mol. The maximum Gasteiger partial charge on any atom is 0.326 e. The Morgan fingerprint density at radius 1 is 1.03 bits per heavy atom. The molecule has 4 rings (SSSR count). The zero-order valence-corrected chi connectivity index (χ0v) is 21.4. The van der Waals surface area contributed by atoms with Crippen LogP contribution in [0.2, 0.25) is 0 Å². The molecule has 2 aromatic heterocycles. The topological polar surface area (TPSA) is 86.3 Å². The zero-order valence-electron chi connectivity index (χ0n) is 20.6. The second kappa shape index (κ2) is 11.8. The SMILES string of the molecule is CCCCC(c1ccc(-c2ccccc2)cc1)c1ncc(CC(=O)N(c2cccs2)[C@@H](C)C(=O)O)[nH]1. The molecular weight excluding hydrogens is 470 g/mol. The molecule has 2 atom stereocenters. The molecule has 0 radical (unpaired) electrons. The Hall–Kier alpha value is -3.71. The van der Waals surface area contributed by atoms with Crippen molar-refractivity contribution in [3.63, 3.8) is 0 Å². The number of carboxylic acids is 1. The molecule has 0 saturated heterocycles. The van der Waals surface area contributed by atoms with Crippen molar-refractivity contribution in [3.8, 4) is 11.1 Å². The second-order valence-electron chi connectivity index (χ2n) is 8.88. The Morgan fingerprint density at radius 3 is 2.39 bits per heavy atom. The van der Waals surface area contributed by atoms with Crippen molar-refractivity contribution >= 4 is 28.2 Å². The maximum atomic E-state index is 13.2. The van der Waals surface area contributed by atoms with Crippen molar-refractivity contribution in [2.24, 2.45) is 0 Å². The average molecular weight is 502 g/mol. The molecule has 0 aliphatic carbocycles. The van der Waals surface area contributed by atoms with E-state index in [4.69, 9.17) is 0 Å². The second-order valence-corrected chi connectivity index (χ2v) is 9.81. The lowest BCUT2D eigenvalue weighted by Crippen LogP contribution is -2.43. The van der Waals surface area contributed by atoms with E-state index < -0.39 is 12.0 Å². The fourth-order valence-corrected chi connectivity index (χ4v) is 5.17. The van der Waals surface area contributed by atoms with Crippen LogP contribution in [0.4, 0.5) is 5.00 Å². The van der Waals surface area contributed by atoms with Gasteiger partial charge in [0, 0.05) is 17.8 Å². The summed E-state index contributed by atoms with van der Waals surface area (Å²) in [6, 6.07) is 21.5. The number of aromatic amines is 1. The molecule has 1 unspecified atom stereocenters. The van der Waals surface area contributed by atoms with Crippen LogP contribution in [0.25, 0.3) is 11.1 Å². The number of aromatic nitrogens is 2. The van der Waals surface area contributed by atoms with Crippen LogP contribution in [0, 0.1) is 0 Å². The monoisotopic (exact) mass is 501 g/mol. The van der Waals surface area contributed by atoms with E-state index in [-0.39, 0.29) is 18.2 Å². The Balaban J connectivity index is 1.54. The van der Waals surface area contributed by atoms with Gasteiger partial charge in [0.15, 0.2) is 0 Å². The fourth-order valence-electron chi connectivity index (χ4n) is 4.35. The summed E-state index contributed by atoms with van der Waals surface area (Å²) in [4.78, 5) is 34.2. The van der Waals surface area contributed by atoms with E-state index in [0.29, 0.717) is 10.7 Å². The lowest BCUT2D eigenvalue weighted by atomic mass is 9.91. The van der Waals surface area contributed by atoms with E-state index in [0.717, 1.165) is 25.1 Å². The highest BCUT2D eigenvalue weighted by Gasteiger charge is 2.28. The number of amides is 1. The van der Waals surface area contributed by atoms with Crippen molar-refractivity contribution in [1.29, 1.82) is 0 Å². The number of carbonyl (C=O) groups excluding carboxylic acids is 1. The third-order valence-corrected chi connectivity index (χ3v) is 7.21. The highest BCUT2D eigenvalue weighted by atomic mass is 32.1. The summed E-state index contributed by atoms with van der Waals surface area (Å²) < 4.78 is 0. The maximum absolute atomic E-state index is 13.2. The Kier molecular flexibility index (Phi) is 8.33. The van der Waals surface area contributed by atoms with E-state index in [1.807, 2.05) is 29.6 Å². The molecule has 7 heteroatoms. The lowest BCUT2D eigenvalue weighted by molar-refractivity contribution is -0.139. The number of hydrogen-bond donors (Lipinski definition) is 2. The summed E-state index contributed by atoms with van der Waals surface area (Å²) >= 11 is 1.35. The van der Waals surface area contributed by atoms with Gasteiger partial charge in [-0.3, -0.25) is 9.69 Å². The minimum absolute atomic E-state index is 0.0516. The minimum atomic E-state index is -1.04. The van der Waals surface area contributed by atoms with Crippen molar-refractivity contribution in [2.75, 3.05) is 4.90 Å². The van der Waals surface area contributed by atoms with Crippen LogP contribution in [-0.4, -0.2) is 33.0 Å². The van der Waals surface area contributed by atoms with Gasteiger partial charge in [-0.15, -0.1) is 11.3 Å².